The van der Waals surface area contributed by atoms with Crippen LogP contribution in [0.15, 0.2) is 150 Å². The molecule has 190 valence electrons. The Morgan fingerprint density at radius 3 is 1.61 bits per heavy atom. The van der Waals surface area contributed by atoms with E-state index < -0.39 is 0 Å². The van der Waals surface area contributed by atoms with Gasteiger partial charge in [0.15, 0.2) is 0 Å². The SMILES string of the molecule is c1ccc(-c2c3ccccc3c(-c3cc4oc5ccccc5c4c4c3ccc3ccccc34)c3ccccc23)cc1. The molecule has 9 aromatic rings. The molecule has 1 heteroatoms. The Labute approximate surface area is 236 Å². The molecule has 0 saturated carbocycles. The monoisotopic (exact) mass is 520 g/mol. The van der Waals surface area contributed by atoms with Crippen molar-refractivity contribution in [1.29, 1.82) is 0 Å². The summed E-state index contributed by atoms with van der Waals surface area (Å²) in [5.74, 6) is 0. The molecule has 0 aliphatic rings. The van der Waals surface area contributed by atoms with Gasteiger partial charge in [-0.05, 0) is 72.1 Å². The minimum Gasteiger partial charge on any atom is -0.456 e. The van der Waals surface area contributed by atoms with E-state index in [-0.39, 0.29) is 0 Å². The highest BCUT2D eigenvalue weighted by Gasteiger charge is 2.21. The molecule has 0 amide bonds. The van der Waals surface area contributed by atoms with E-state index in [1.165, 1.54) is 70.7 Å². The lowest BCUT2D eigenvalue weighted by Gasteiger charge is -2.19. The molecule has 0 unspecified atom stereocenters. The van der Waals surface area contributed by atoms with Gasteiger partial charge in [0.25, 0.3) is 0 Å². The van der Waals surface area contributed by atoms with Crippen molar-refractivity contribution < 1.29 is 4.42 Å². The molecule has 9 rings (SSSR count). The summed E-state index contributed by atoms with van der Waals surface area (Å²) >= 11 is 0. The maximum Gasteiger partial charge on any atom is 0.136 e. The Hall–Kier alpha value is -5.40. The van der Waals surface area contributed by atoms with Gasteiger partial charge in [-0.1, -0.05) is 133 Å². The maximum atomic E-state index is 6.59. The molecule has 0 aliphatic heterocycles. The minimum atomic E-state index is 0.919. The normalized spacial score (nSPS) is 11.9. The predicted octanol–water partition coefficient (Wildman–Crippen LogP) is 11.5. The maximum absolute atomic E-state index is 6.59. The van der Waals surface area contributed by atoms with E-state index in [4.69, 9.17) is 4.42 Å². The van der Waals surface area contributed by atoms with Crippen LogP contribution in [0.25, 0.3) is 87.3 Å². The van der Waals surface area contributed by atoms with Crippen molar-refractivity contribution >= 4 is 65.0 Å². The molecule has 0 N–H and O–H groups in total. The quantitative estimate of drug-likeness (QED) is 0.163. The van der Waals surface area contributed by atoms with E-state index in [0.29, 0.717) is 0 Å². The van der Waals surface area contributed by atoms with Crippen molar-refractivity contribution in [3.05, 3.63) is 146 Å². The highest BCUT2D eigenvalue weighted by molar-refractivity contribution is 6.32. The standard InChI is InChI=1S/C40H24O/c1-2-13-26(14-3-1)37-28-16-6-8-18-30(28)38(31-19-9-7-17-29(31)37)34-24-36-40(33-20-10-11-21-35(33)41-36)39-27-15-5-4-12-25(27)22-23-32(34)39/h1-24H. The lowest BCUT2D eigenvalue weighted by Crippen LogP contribution is -1.92. The van der Waals surface area contributed by atoms with Crippen LogP contribution < -0.4 is 0 Å². The third kappa shape index (κ3) is 3.18. The summed E-state index contributed by atoms with van der Waals surface area (Å²) in [5.41, 5.74) is 6.80. The van der Waals surface area contributed by atoms with Crippen molar-refractivity contribution in [3.63, 3.8) is 0 Å². The van der Waals surface area contributed by atoms with E-state index >= 15 is 0 Å². The molecule has 0 bridgehead atoms. The topological polar surface area (TPSA) is 13.1 Å². The van der Waals surface area contributed by atoms with Crippen molar-refractivity contribution in [2.24, 2.45) is 0 Å². The van der Waals surface area contributed by atoms with E-state index in [2.05, 4.69) is 146 Å². The number of furan rings is 1. The number of para-hydroxylation sites is 1. The van der Waals surface area contributed by atoms with Crippen LogP contribution in [-0.4, -0.2) is 0 Å². The van der Waals surface area contributed by atoms with Crippen LogP contribution in [0.1, 0.15) is 0 Å². The highest BCUT2D eigenvalue weighted by Crippen LogP contribution is 2.48. The summed E-state index contributed by atoms with van der Waals surface area (Å²) in [6.07, 6.45) is 0. The molecule has 0 aliphatic carbocycles. The van der Waals surface area contributed by atoms with E-state index in [1.807, 2.05) is 0 Å². The van der Waals surface area contributed by atoms with Crippen molar-refractivity contribution in [2.45, 2.75) is 0 Å². The molecule has 1 heterocycles. The molecule has 0 saturated heterocycles. The first-order valence-corrected chi connectivity index (χ1v) is 14.1. The smallest absolute Gasteiger partial charge is 0.136 e. The zero-order valence-corrected chi connectivity index (χ0v) is 22.3. The average Bonchev–Trinajstić information content (AvgIpc) is 3.42. The van der Waals surface area contributed by atoms with Gasteiger partial charge in [0.1, 0.15) is 11.2 Å². The fourth-order valence-electron chi connectivity index (χ4n) is 6.94. The van der Waals surface area contributed by atoms with Gasteiger partial charge in [0, 0.05) is 16.2 Å². The van der Waals surface area contributed by atoms with E-state index in [0.717, 1.165) is 16.6 Å². The third-order valence-corrected chi connectivity index (χ3v) is 8.63. The van der Waals surface area contributed by atoms with Gasteiger partial charge in [-0.3, -0.25) is 0 Å². The van der Waals surface area contributed by atoms with Crippen molar-refractivity contribution in [3.8, 4) is 22.3 Å². The number of rotatable bonds is 2. The first kappa shape index (κ1) is 22.4. The van der Waals surface area contributed by atoms with Crippen LogP contribution in [0.5, 0.6) is 0 Å². The van der Waals surface area contributed by atoms with Gasteiger partial charge >= 0.3 is 0 Å². The fourth-order valence-corrected chi connectivity index (χ4v) is 6.94. The van der Waals surface area contributed by atoms with Crippen LogP contribution in [0.2, 0.25) is 0 Å². The molecular weight excluding hydrogens is 496 g/mol. The van der Waals surface area contributed by atoms with Crippen LogP contribution >= 0.6 is 0 Å². The molecule has 0 spiro atoms. The minimum absolute atomic E-state index is 0.919. The zero-order chi connectivity index (χ0) is 26.9. The van der Waals surface area contributed by atoms with Gasteiger partial charge < -0.3 is 4.42 Å². The molecule has 41 heavy (non-hydrogen) atoms. The van der Waals surface area contributed by atoms with Crippen LogP contribution in [0.3, 0.4) is 0 Å². The van der Waals surface area contributed by atoms with Crippen LogP contribution in [-0.2, 0) is 0 Å². The Morgan fingerprint density at radius 1 is 0.341 bits per heavy atom. The Kier molecular flexibility index (Phi) is 4.67. The third-order valence-electron chi connectivity index (χ3n) is 8.63. The van der Waals surface area contributed by atoms with Gasteiger partial charge in [-0.25, -0.2) is 0 Å². The summed E-state index contributed by atoms with van der Waals surface area (Å²) in [6.45, 7) is 0. The summed E-state index contributed by atoms with van der Waals surface area (Å²) in [7, 11) is 0. The average molecular weight is 521 g/mol. The molecule has 0 radical (unpaired) electrons. The molecule has 1 aromatic heterocycles. The Bertz CT molecular complexity index is 2410. The summed E-state index contributed by atoms with van der Waals surface area (Å²) in [4.78, 5) is 0. The van der Waals surface area contributed by atoms with Gasteiger partial charge in [0.2, 0.25) is 0 Å². The van der Waals surface area contributed by atoms with Crippen LogP contribution in [0.4, 0.5) is 0 Å². The summed E-state index contributed by atoms with van der Waals surface area (Å²) in [5, 5.41) is 12.3. The van der Waals surface area contributed by atoms with Gasteiger partial charge in [0.05, 0.1) is 0 Å². The second-order valence-electron chi connectivity index (χ2n) is 10.8. The Balaban J connectivity index is 1.54. The largest absolute Gasteiger partial charge is 0.456 e. The zero-order valence-electron chi connectivity index (χ0n) is 22.3. The van der Waals surface area contributed by atoms with Crippen molar-refractivity contribution in [2.75, 3.05) is 0 Å². The molecular formula is C40H24O. The number of fused-ring (bicyclic) bond motifs is 9. The molecule has 0 fully saturated rings. The Morgan fingerprint density at radius 2 is 0.902 bits per heavy atom. The first-order valence-electron chi connectivity index (χ1n) is 14.1. The summed E-state index contributed by atoms with van der Waals surface area (Å²) in [6, 6.07) is 52.5. The highest BCUT2D eigenvalue weighted by atomic mass is 16.3. The van der Waals surface area contributed by atoms with Crippen molar-refractivity contribution in [1.82, 2.24) is 0 Å². The number of hydrogen-bond acceptors (Lipinski definition) is 1. The fraction of sp³-hybridized carbons (Fsp3) is 0. The molecule has 1 nitrogen and oxygen atoms in total. The molecule has 8 aromatic carbocycles. The second-order valence-corrected chi connectivity index (χ2v) is 10.8. The number of benzene rings is 8. The lowest BCUT2D eigenvalue weighted by molar-refractivity contribution is 0.669. The summed E-state index contributed by atoms with van der Waals surface area (Å²) < 4.78 is 6.59. The lowest BCUT2D eigenvalue weighted by atomic mass is 9.83. The molecule has 0 atom stereocenters. The predicted molar refractivity (Wildman–Crippen MR) is 175 cm³/mol. The van der Waals surface area contributed by atoms with E-state index in [1.54, 1.807) is 0 Å². The number of hydrogen-bond donors (Lipinski definition) is 0. The first-order chi connectivity index (χ1) is 20.4. The second kappa shape index (κ2) is 8.55. The van der Waals surface area contributed by atoms with Gasteiger partial charge in [-0.2, -0.15) is 0 Å². The van der Waals surface area contributed by atoms with E-state index in [9.17, 15) is 0 Å². The van der Waals surface area contributed by atoms with Gasteiger partial charge in [-0.15, -0.1) is 0 Å². The van der Waals surface area contributed by atoms with Crippen LogP contribution in [0, 0.1) is 0 Å².